The molecule has 1 rings (SSSR count). The van der Waals surface area contributed by atoms with Gasteiger partial charge in [-0.2, -0.15) is 8.42 Å². The van der Waals surface area contributed by atoms with E-state index in [0.29, 0.717) is 13.0 Å². The normalized spacial score (nSPS) is 20.0. The molecule has 0 aromatic carbocycles. The summed E-state index contributed by atoms with van der Waals surface area (Å²) < 4.78 is 59.3. The number of hydrogen-bond donors (Lipinski definition) is 4. The Labute approximate surface area is 396 Å². The summed E-state index contributed by atoms with van der Waals surface area (Å²) in [6, 6.07) is 0. The number of allylic oxidation sites excluding steroid dienone is 8. The van der Waals surface area contributed by atoms with E-state index in [1.54, 1.807) is 0 Å². The molecule has 0 saturated carbocycles. The molecule has 0 spiro atoms. The summed E-state index contributed by atoms with van der Waals surface area (Å²) in [6.07, 6.45) is 44.2. The molecule has 380 valence electrons. The third-order valence-electron chi connectivity index (χ3n) is 11.7. The van der Waals surface area contributed by atoms with Crippen LogP contribution in [0.3, 0.4) is 0 Å². The fourth-order valence-corrected chi connectivity index (χ4v) is 8.35. The first kappa shape index (κ1) is 61.1. The second-order valence-electron chi connectivity index (χ2n) is 17.7. The Kier molecular flexibility index (Phi) is 40.7. The van der Waals surface area contributed by atoms with Crippen molar-refractivity contribution >= 4 is 16.4 Å². The molecule has 0 aromatic heterocycles. The molecule has 6 atom stereocenters. The van der Waals surface area contributed by atoms with Gasteiger partial charge in [-0.3, -0.25) is 9.35 Å². The van der Waals surface area contributed by atoms with Gasteiger partial charge >= 0.3 is 16.4 Å². The van der Waals surface area contributed by atoms with E-state index in [2.05, 4.69) is 66.6 Å². The molecule has 1 heterocycles. The smallest absolute Gasteiger partial charge is 0.397 e. The van der Waals surface area contributed by atoms with Gasteiger partial charge < -0.3 is 34.3 Å². The molecule has 0 radical (unpaired) electrons. The summed E-state index contributed by atoms with van der Waals surface area (Å²) in [7, 11) is -5.07. The number of rotatable bonds is 45. The molecular formula is C52H94O12S. The molecule has 0 aliphatic carbocycles. The fraction of sp³-hybridized carbons (Fsp3) is 0.827. The van der Waals surface area contributed by atoms with Crippen LogP contribution in [0.4, 0.5) is 0 Å². The quantitative estimate of drug-likeness (QED) is 0.0197. The van der Waals surface area contributed by atoms with E-state index in [-0.39, 0.29) is 19.6 Å². The summed E-state index contributed by atoms with van der Waals surface area (Å²) in [5, 5.41) is 30.8. The summed E-state index contributed by atoms with van der Waals surface area (Å²) in [5.41, 5.74) is 0. The zero-order chi connectivity index (χ0) is 47.5. The highest BCUT2D eigenvalue weighted by atomic mass is 32.3. The Bertz CT molecular complexity index is 1320. The molecule has 0 aromatic rings. The van der Waals surface area contributed by atoms with Gasteiger partial charge in [-0.15, -0.1) is 0 Å². The first-order valence-corrected chi connectivity index (χ1v) is 27.3. The number of aliphatic hydroxyl groups is 3. The highest BCUT2D eigenvalue weighted by molar-refractivity contribution is 7.80. The third-order valence-corrected chi connectivity index (χ3v) is 12.2. The van der Waals surface area contributed by atoms with Crippen LogP contribution in [0.15, 0.2) is 48.6 Å². The van der Waals surface area contributed by atoms with Crippen molar-refractivity contribution in [2.24, 2.45) is 0 Å². The largest absolute Gasteiger partial charge is 0.457 e. The minimum Gasteiger partial charge on any atom is -0.457 e. The van der Waals surface area contributed by atoms with Gasteiger partial charge in [0.25, 0.3) is 0 Å². The van der Waals surface area contributed by atoms with Gasteiger partial charge in [-0.05, 0) is 51.4 Å². The lowest BCUT2D eigenvalue weighted by Gasteiger charge is -2.41. The fourth-order valence-electron chi connectivity index (χ4n) is 7.84. The first-order valence-electron chi connectivity index (χ1n) is 25.9. The average molecular weight is 943 g/mol. The number of unbranched alkanes of at least 4 members (excludes halogenated alkanes) is 24. The molecule has 6 unspecified atom stereocenters. The van der Waals surface area contributed by atoms with Crippen molar-refractivity contribution in [3.05, 3.63) is 48.6 Å². The number of carbonyl (C=O) groups is 1. The summed E-state index contributed by atoms with van der Waals surface area (Å²) in [5.74, 6) is -0.401. The zero-order valence-corrected chi connectivity index (χ0v) is 41.6. The Morgan fingerprint density at radius 1 is 0.600 bits per heavy atom. The number of ether oxygens (including phenoxy) is 4. The van der Waals surface area contributed by atoms with Gasteiger partial charge in [-0.1, -0.05) is 204 Å². The lowest BCUT2D eigenvalue weighted by Crippen LogP contribution is -2.60. The maximum absolute atomic E-state index is 12.9. The predicted octanol–water partition coefficient (Wildman–Crippen LogP) is 11.9. The van der Waals surface area contributed by atoms with Gasteiger partial charge in [0, 0.05) is 13.0 Å². The topological polar surface area (TPSA) is 178 Å². The molecule has 0 bridgehead atoms. The molecule has 12 nitrogen and oxygen atoms in total. The lowest BCUT2D eigenvalue weighted by atomic mass is 9.99. The van der Waals surface area contributed by atoms with Gasteiger partial charge in [0.2, 0.25) is 0 Å². The Hall–Kier alpha value is -1.94. The van der Waals surface area contributed by atoms with Crippen molar-refractivity contribution in [3.8, 4) is 0 Å². The van der Waals surface area contributed by atoms with Gasteiger partial charge in [0.15, 0.2) is 6.29 Å². The monoisotopic (exact) mass is 943 g/mol. The Morgan fingerprint density at radius 2 is 1.06 bits per heavy atom. The average Bonchev–Trinajstić information content (AvgIpc) is 3.28. The molecule has 13 heteroatoms. The van der Waals surface area contributed by atoms with Crippen LogP contribution in [0.5, 0.6) is 0 Å². The van der Waals surface area contributed by atoms with E-state index >= 15 is 0 Å². The highest BCUT2D eigenvalue weighted by Gasteiger charge is 2.48. The van der Waals surface area contributed by atoms with E-state index in [0.717, 1.165) is 77.0 Å². The van der Waals surface area contributed by atoms with Crippen LogP contribution in [0.1, 0.15) is 213 Å². The summed E-state index contributed by atoms with van der Waals surface area (Å²) in [6.45, 7) is 3.88. The van der Waals surface area contributed by atoms with Gasteiger partial charge in [-0.25, -0.2) is 4.18 Å². The van der Waals surface area contributed by atoms with Crippen molar-refractivity contribution in [1.29, 1.82) is 0 Å². The van der Waals surface area contributed by atoms with Gasteiger partial charge in [0.05, 0.1) is 19.8 Å². The van der Waals surface area contributed by atoms with E-state index in [1.165, 1.54) is 109 Å². The van der Waals surface area contributed by atoms with Crippen LogP contribution in [0.25, 0.3) is 0 Å². The SMILES string of the molecule is CC/C=C\C/C=C\C/C=C\C/C=C\CCCCCCCCCOCC(COC1OC(CO)C(O)C(OS(=O)(=O)O)C1O)OC(=O)CCCCCCCCCCCCCCCCCCCC. The molecule has 1 fully saturated rings. The van der Waals surface area contributed by atoms with Crippen LogP contribution in [0, 0.1) is 0 Å². The molecule has 0 amide bonds. The molecule has 1 aliphatic rings. The highest BCUT2D eigenvalue weighted by Crippen LogP contribution is 2.26. The number of carbonyl (C=O) groups excluding carboxylic acids is 1. The van der Waals surface area contributed by atoms with E-state index < -0.39 is 59.8 Å². The molecule has 65 heavy (non-hydrogen) atoms. The Morgan fingerprint density at radius 3 is 1.55 bits per heavy atom. The van der Waals surface area contributed by atoms with Gasteiger partial charge in [0.1, 0.15) is 30.5 Å². The van der Waals surface area contributed by atoms with Crippen LogP contribution < -0.4 is 0 Å². The van der Waals surface area contributed by atoms with Crippen LogP contribution >= 0.6 is 0 Å². The van der Waals surface area contributed by atoms with Crippen molar-refractivity contribution in [1.82, 2.24) is 0 Å². The number of esters is 1. The second kappa shape index (κ2) is 43.3. The molecule has 4 N–H and O–H groups in total. The van der Waals surface area contributed by atoms with Crippen molar-refractivity contribution in [2.45, 2.75) is 250 Å². The van der Waals surface area contributed by atoms with Crippen molar-refractivity contribution in [3.63, 3.8) is 0 Å². The Balaban J connectivity index is 2.36. The summed E-state index contributed by atoms with van der Waals surface area (Å²) >= 11 is 0. The number of aliphatic hydroxyl groups excluding tert-OH is 3. The first-order chi connectivity index (χ1) is 31.6. The molecule has 1 saturated heterocycles. The minimum atomic E-state index is -5.07. The van der Waals surface area contributed by atoms with Crippen LogP contribution in [0.2, 0.25) is 0 Å². The number of hydrogen-bond acceptors (Lipinski definition) is 11. The van der Waals surface area contributed by atoms with Crippen molar-refractivity contribution in [2.75, 3.05) is 26.4 Å². The predicted molar refractivity (Wildman–Crippen MR) is 262 cm³/mol. The third kappa shape index (κ3) is 36.7. The van der Waals surface area contributed by atoms with E-state index in [4.69, 9.17) is 18.9 Å². The van der Waals surface area contributed by atoms with E-state index in [9.17, 15) is 33.1 Å². The van der Waals surface area contributed by atoms with E-state index in [1.807, 2.05) is 0 Å². The maximum Gasteiger partial charge on any atom is 0.397 e. The molecular weight excluding hydrogens is 849 g/mol. The molecule has 1 aliphatic heterocycles. The minimum absolute atomic E-state index is 0.0297. The lowest BCUT2D eigenvalue weighted by molar-refractivity contribution is -0.301. The van der Waals surface area contributed by atoms with Crippen molar-refractivity contribution < 1.29 is 56.2 Å². The van der Waals surface area contributed by atoms with Crippen LogP contribution in [-0.2, 0) is 38.3 Å². The summed E-state index contributed by atoms with van der Waals surface area (Å²) in [4.78, 5) is 12.9. The maximum atomic E-state index is 12.9. The zero-order valence-electron chi connectivity index (χ0n) is 40.8. The standard InChI is InChI=1S/C52H94O12S/c1-3-5-7-9-11-13-15-17-19-21-23-24-26-28-30-32-34-36-38-40-42-60-44-46(45-61-52-50(56)51(64-65(57,58)59)49(55)47(43-53)63-52)62-48(54)41-39-37-35-33-31-29-27-25-22-20-18-16-14-12-10-8-6-4-2/h5,7,11,13,17,19,23-24,46-47,49-53,55-56H,3-4,6,8-10,12,14-16,18,20-22,25-45H2,1-2H3,(H,57,58,59)/b7-5-,13-11-,19-17-,24-23-. The van der Waals surface area contributed by atoms with Crippen LogP contribution in [-0.4, -0.2) is 97.5 Å². The second-order valence-corrected chi connectivity index (χ2v) is 18.8.